The maximum Gasteiger partial charge on any atom is 0.389 e. The van der Waals surface area contributed by atoms with Crippen molar-refractivity contribution in [2.75, 3.05) is 0 Å². The summed E-state index contributed by atoms with van der Waals surface area (Å²) in [5.74, 6) is 0.327. The van der Waals surface area contributed by atoms with Gasteiger partial charge in [-0.25, -0.2) is 0 Å². The molecule has 0 bridgehead atoms. The van der Waals surface area contributed by atoms with Crippen molar-refractivity contribution in [3.8, 4) is 5.75 Å². The summed E-state index contributed by atoms with van der Waals surface area (Å²) >= 11 is 0. The lowest BCUT2D eigenvalue weighted by Gasteiger charge is -2.06. The van der Waals surface area contributed by atoms with E-state index in [1.165, 1.54) is 0 Å². The van der Waals surface area contributed by atoms with Crippen molar-refractivity contribution in [2.24, 2.45) is 0 Å². The molecule has 19 heavy (non-hydrogen) atoms. The number of hydrogen-bond acceptors (Lipinski definition) is 1. The van der Waals surface area contributed by atoms with Gasteiger partial charge in [-0.3, -0.25) is 0 Å². The molecule has 0 aliphatic heterocycles. The van der Waals surface area contributed by atoms with Gasteiger partial charge in [0.2, 0.25) is 0 Å². The number of hydrogen-bond donors (Lipinski definition) is 1. The van der Waals surface area contributed by atoms with Gasteiger partial charge in [-0.05, 0) is 30.9 Å². The Morgan fingerprint density at radius 2 is 1.42 bits per heavy atom. The van der Waals surface area contributed by atoms with E-state index in [9.17, 15) is 18.3 Å². The summed E-state index contributed by atoms with van der Waals surface area (Å²) < 4.78 is 35.7. The van der Waals surface area contributed by atoms with E-state index in [1.807, 2.05) is 12.1 Å². The maximum atomic E-state index is 11.9. The van der Waals surface area contributed by atoms with E-state index in [-0.39, 0.29) is 6.42 Å². The second-order valence-electron chi connectivity index (χ2n) is 4.87. The predicted octanol–water partition coefficient (Wildman–Crippen LogP) is 5.23. The molecular weight excluding hydrogens is 253 g/mol. The Morgan fingerprint density at radius 3 is 2.05 bits per heavy atom. The zero-order chi connectivity index (χ0) is 14.1. The molecule has 0 unspecified atom stereocenters. The molecule has 0 spiro atoms. The summed E-state index contributed by atoms with van der Waals surface area (Å²) in [6.07, 6.45) is 0.837. The van der Waals surface area contributed by atoms with Crippen LogP contribution in [-0.4, -0.2) is 11.3 Å². The van der Waals surface area contributed by atoms with Gasteiger partial charge in [0, 0.05) is 6.42 Å². The molecule has 108 valence electrons. The third-order valence-electron chi connectivity index (χ3n) is 3.15. The van der Waals surface area contributed by atoms with Gasteiger partial charge in [-0.15, -0.1) is 0 Å². The van der Waals surface area contributed by atoms with Gasteiger partial charge in [-0.1, -0.05) is 43.9 Å². The van der Waals surface area contributed by atoms with E-state index < -0.39 is 12.6 Å². The van der Waals surface area contributed by atoms with Crippen LogP contribution in [-0.2, 0) is 6.42 Å². The summed E-state index contributed by atoms with van der Waals surface area (Å²) in [4.78, 5) is 0. The van der Waals surface area contributed by atoms with Crippen molar-refractivity contribution < 1.29 is 18.3 Å². The lowest BCUT2D eigenvalue weighted by molar-refractivity contribution is -0.135. The lowest BCUT2D eigenvalue weighted by Crippen LogP contribution is -2.06. The monoisotopic (exact) mass is 274 g/mol. The number of benzene rings is 1. The lowest BCUT2D eigenvalue weighted by atomic mass is 10.0. The Hall–Kier alpha value is -1.19. The number of aryl methyl sites for hydroxylation is 1. The van der Waals surface area contributed by atoms with Crippen LogP contribution in [0, 0.1) is 0 Å². The minimum absolute atomic E-state index is 0.239. The SMILES string of the molecule is Oc1ccccc1CCCCCCCCC(F)(F)F. The smallest absolute Gasteiger partial charge is 0.389 e. The Morgan fingerprint density at radius 1 is 0.842 bits per heavy atom. The molecule has 1 aromatic carbocycles. The first-order valence-electron chi connectivity index (χ1n) is 6.83. The second-order valence-corrected chi connectivity index (χ2v) is 4.87. The first-order chi connectivity index (χ1) is 8.99. The minimum atomic E-state index is -4.01. The fourth-order valence-electron chi connectivity index (χ4n) is 2.07. The number of phenols is 1. The first kappa shape index (κ1) is 15.9. The number of rotatable bonds is 8. The predicted molar refractivity (Wildman–Crippen MR) is 70.2 cm³/mol. The minimum Gasteiger partial charge on any atom is -0.508 e. The van der Waals surface area contributed by atoms with Crippen LogP contribution < -0.4 is 0 Å². The quantitative estimate of drug-likeness (QED) is 0.644. The maximum absolute atomic E-state index is 11.9. The number of unbranched alkanes of at least 4 members (excludes halogenated alkanes) is 5. The number of phenolic OH excluding ortho intramolecular Hbond substituents is 1. The number of para-hydroxylation sites is 1. The van der Waals surface area contributed by atoms with E-state index in [2.05, 4.69) is 0 Å². The molecule has 4 heteroatoms. The van der Waals surface area contributed by atoms with Gasteiger partial charge in [0.15, 0.2) is 0 Å². The standard InChI is InChI=1S/C15H21F3O/c16-15(17,18)12-8-4-2-1-3-5-9-13-10-6-7-11-14(13)19/h6-7,10-11,19H,1-5,8-9,12H2. The van der Waals surface area contributed by atoms with Crippen LogP contribution in [0.5, 0.6) is 5.75 Å². The molecule has 0 saturated heterocycles. The van der Waals surface area contributed by atoms with Crippen LogP contribution in [0.3, 0.4) is 0 Å². The second kappa shape index (κ2) is 8.08. The summed E-state index contributed by atoms with van der Waals surface area (Å²) in [6, 6.07) is 7.26. The Kier molecular flexibility index (Phi) is 6.74. The molecule has 1 nitrogen and oxygen atoms in total. The topological polar surface area (TPSA) is 20.2 Å². The van der Waals surface area contributed by atoms with E-state index >= 15 is 0 Å². The molecule has 1 N–H and O–H groups in total. The Balaban J connectivity index is 1.99. The van der Waals surface area contributed by atoms with E-state index in [1.54, 1.807) is 12.1 Å². The largest absolute Gasteiger partial charge is 0.508 e. The Bertz CT molecular complexity index is 361. The highest BCUT2D eigenvalue weighted by Crippen LogP contribution is 2.23. The first-order valence-corrected chi connectivity index (χ1v) is 6.83. The molecule has 0 atom stereocenters. The van der Waals surface area contributed by atoms with Crippen LogP contribution in [0.1, 0.15) is 50.5 Å². The summed E-state index contributed by atoms with van der Waals surface area (Å²) in [7, 11) is 0. The molecular formula is C15H21F3O. The van der Waals surface area contributed by atoms with Crippen molar-refractivity contribution in [1.82, 2.24) is 0 Å². The summed E-state index contributed by atoms with van der Waals surface area (Å²) in [5, 5.41) is 9.55. The Labute approximate surface area is 112 Å². The molecule has 0 fully saturated rings. The summed E-state index contributed by atoms with van der Waals surface area (Å²) in [5.41, 5.74) is 0.944. The average molecular weight is 274 g/mol. The molecule has 1 rings (SSSR count). The van der Waals surface area contributed by atoms with Gasteiger partial charge >= 0.3 is 6.18 Å². The van der Waals surface area contributed by atoms with Crippen LogP contribution >= 0.6 is 0 Å². The van der Waals surface area contributed by atoms with Crippen molar-refractivity contribution in [3.63, 3.8) is 0 Å². The highest BCUT2D eigenvalue weighted by molar-refractivity contribution is 5.31. The molecule has 0 saturated carbocycles. The summed E-state index contributed by atoms with van der Waals surface area (Å²) in [6.45, 7) is 0. The molecule has 0 aliphatic rings. The average Bonchev–Trinajstić information content (AvgIpc) is 2.33. The zero-order valence-corrected chi connectivity index (χ0v) is 11.0. The van der Waals surface area contributed by atoms with E-state index in [0.717, 1.165) is 37.7 Å². The third-order valence-corrected chi connectivity index (χ3v) is 3.15. The highest BCUT2D eigenvalue weighted by atomic mass is 19.4. The van der Waals surface area contributed by atoms with E-state index in [4.69, 9.17) is 0 Å². The van der Waals surface area contributed by atoms with Crippen LogP contribution in [0.25, 0.3) is 0 Å². The molecule has 0 aliphatic carbocycles. The van der Waals surface area contributed by atoms with Gasteiger partial charge in [0.05, 0.1) is 0 Å². The van der Waals surface area contributed by atoms with Crippen molar-refractivity contribution in [3.05, 3.63) is 29.8 Å². The number of halogens is 3. The molecule has 1 aromatic rings. The van der Waals surface area contributed by atoms with Gasteiger partial charge in [-0.2, -0.15) is 13.2 Å². The van der Waals surface area contributed by atoms with Crippen molar-refractivity contribution >= 4 is 0 Å². The number of alkyl halides is 3. The molecule has 0 amide bonds. The van der Waals surface area contributed by atoms with Gasteiger partial charge < -0.3 is 5.11 Å². The fraction of sp³-hybridized carbons (Fsp3) is 0.600. The zero-order valence-electron chi connectivity index (χ0n) is 11.0. The molecule has 0 radical (unpaired) electrons. The molecule has 0 aromatic heterocycles. The van der Waals surface area contributed by atoms with Crippen LogP contribution in [0.15, 0.2) is 24.3 Å². The van der Waals surface area contributed by atoms with Gasteiger partial charge in [0.25, 0.3) is 0 Å². The highest BCUT2D eigenvalue weighted by Gasteiger charge is 2.25. The van der Waals surface area contributed by atoms with Gasteiger partial charge in [0.1, 0.15) is 5.75 Å². The van der Waals surface area contributed by atoms with Crippen molar-refractivity contribution in [2.45, 2.75) is 57.5 Å². The van der Waals surface area contributed by atoms with Crippen LogP contribution in [0.2, 0.25) is 0 Å². The third kappa shape index (κ3) is 7.75. The van der Waals surface area contributed by atoms with E-state index in [0.29, 0.717) is 12.2 Å². The van der Waals surface area contributed by atoms with Crippen LogP contribution in [0.4, 0.5) is 13.2 Å². The number of aromatic hydroxyl groups is 1. The van der Waals surface area contributed by atoms with Crippen molar-refractivity contribution in [1.29, 1.82) is 0 Å². The fourth-order valence-corrected chi connectivity index (χ4v) is 2.07. The molecule has 0 heterocycles. The normalized spacial score (nSPS) is 11.7.